The summed E-state index contributed by atoms with van der Waals surface area (Å²) in [6, 6.07) is 13.1. The minimum absolute atomic E-state index is 0.00780. The van der Waals surface area contributed by atoms with Crippen LogP contribution in [-0.2, 0) is 14.3 Å². The van der Waals surface area contributed by atoms with Crippen LogP contribution in [0.5, 0.6) is 0 Å². The fraction of sp³-hybridized carbons (Fsp3) is 0. The minimum atomic E-state index is -1.12. The van der Waals surface area contributed by atoms with Gasteiger partial charge < -0.3 is 9.84 Å². The van der Waals surface area contributed by atoms with E-state index in [0.29, 0.717) is 11.1 Å². The van der Waals surface area contributed by atoms with E-state index in [9.17, 15) is 14.0 Å². The zero-order valence-electron chi connectivity index (χ0n) is 12.8. The fourth-order valence-electron chi connectivity index (χ4n) is 2.19. The largest absolute Gasteiger partial charge is 0.478 e. The molecule has 25 heavy (non-hydrogen) atoms. The fourth-order valence-corrected chi connectivity index (χ4v) is 2.19. The van der Waals surface area contributed by atoms with E-state index in [-0.39, 0.29) is 17.2 Å². The van der Waals surface area contributed by atoms with Gasteiger partial charge in [-0.15, -0.1) is 0 Å². The zero-order chi connectivity index (χ0) is 17.8. The highest BCUT2D eigenvalue weighted by molar-refractivity contribution is 6.12. The van der Waals surface area contributed by atoms with Crippen LogP contribution < -0.4 is 0 Å². The van der Waals surface area contributed by atoms with Crippen molar-refractivity contribution in [2.45, 2.75) is 0 Å². The topological polar surface area (TPSA) is 76.0 Å². The van der Waals surface area contributed by atoms with Crippen LogP contribution in [0.1, 0.15) is 16.7 Å². The molecule has 0 amide bonds. The third-order valence-corrected chi connectivity index (χ3v) is 3.38. The molecule has 0 aliphatic carbocycles. The highest BCUT2D eigenvalue weighted by atomic mass is 19.1. The standard InChI is InChI=1S/C19H12FNO4/c20-15-10-12(7-9-17(22)23)6-8-14(15)11-16-19(24)25-18(21-16)13-4-2-1-3-5-13/h1-11H,(H,22,23)/b9-7+,16-11-. The Labute approximate surface area is 142 Å². The number of esters is 1. The van der Waals surface area contributed by atoms with Crippen molar-refractivity contribution in [1.82, 2.24) is 0 Å². The molecule has 0 fully saturated rings. The lowest BCUT2D eigenvalue weighted by molar-refractivity contribution is -0.131. The van der Waals surface area contributed by atoms with E-state index in [4.69, 9.17) is 9.84 Å². The van der Waals surface area contributed by atoms with Gasteiger partial charge in [0.2, 0.25) is 5.90 Å². The molecule has 3 rings (SSSR count). The summed E-state index contributed by atoms with van der Waals surface area (Å²) >= 11 is 0. The number of carbonyl (C=O) groups is 2. The van der Waals surface area contributed by atoms with Gasteiger partial charge >= 0.3 is 11.9 Å². The quantitative estimate of drug-likeness (QED) is 0.686. The lowest BCUT2D eigenvalue weighted by Crippen LogP contribution is -2.05. The van der Waals surface area contributed by atoms with Crippen molar-refractivity contribution in [3.8, 4) is 0 Å². The molecule has 0 bridgehead atoms. The van der Waals surface area contributed by atoms with E-state index < -0.39 is 17.8 Å². The normalized spacial score (nSPS) is 15.5. The van der Waals surface area contributed by atoms with Gasteiger partial charge in [-0.05, 0) is 35.9 Å². The maximum absolute atomic E-state index is 14.1. The summed E-state index contributed by atoms with van der Waals surface area (Å²) in [5.41, 5.74) is 1.18. The molecule has 5 nitrogen and oxygen atoms in total. The van der Waals surface area contributed by atoms with Gasteiger partial charge in [-0.25, -0.2) is 19.0 Å². The first-order valence-electron chi connectivity index (χ1n) is 7.31. The Bertz CT molecular complexity index is 930. The molecule has 0 spiro atoms. The number of nitrogens with zero attached hydrogens (tertiary/aromatic N) is 1. The van der Waals surface area contributed by atoms with E-state index in [1.54, 1.807) is 24.3 Å². The van der Waals surface area contributed by atoms with Crippen molar-refractivity contribution in [2.75, 3.05) is 0 Å². The van der Waals surface area contributed by atoms with Gasteiger partial charge in [0.25, 0.3) is 0 Å². The van der Waals surface area contributed by atoms with Gasteiger partial charge in [0.15, 0.2) is 5.70 Å². The van der Waals surface area contributed by atoms with Gasteiger partial charge in [0, 0.05) is 17.2 Å². The highest BCUT2D eigenvalue weighted by Crippen LogP contribution is 2.21. The van der Waals surface area contributed by atoms with Crippen LogP contribution in [0.2, 0.25) is 0 Å². The van der Waals surface area contributed by atoms with E-state index in [2.05, 4.69) is 4.99 Å². The Kier molecular flexibility index (Phi) is 4.52. The van der Waals surface area contributed by atoms with Crippen LogP contribution in [0, 0.1) is 5.82 Å². The molecule has 1 aliphatic rings. The summed E-state index contributed by atoms with van der Waals surface area (Å²) in [6.07, 6.45) is 3.48. The number of halogens is 1. The molecule has 0 saturated carbocycles. The lowest BCUT2D eigenvalue weighted by Gasteiger charge is -1.99. The number of aliphatic carboxylic acids is 1. The maximum Gasteiger partial charge on any atom is 0.363 e. The third kappa shape index (κ3) is 3.87. The summed E-state index contributed by atoms with van der Waals surface area (Å²) < 4.78 is 19.3. The average molecular weight is 337 g/mol. The van der Waals surface area contributed by atoms with Crippen molar-refractivity contribution in [2.24, 2.45) is 4.99 Å². The van der Waals surface area contributed by atoms with Crippen LogP contribution >= 0.6 is 0 Å². The van der Waals surface area contributed by atoms with E-state index >= 15 is 0 Å². The number of ether oxygens (including phenoxy) is 1. The molecule has 0 unspecified atom stereocenters. The lowest BCUT2D eigenvalue weighted by atomic mass is 10.1. The number of carboxylic acids is 1. The van der Waals surface area contributed by atoms with Crippen LogP contribution in [0.3, 0.4) is 0 Å². The molecule has 2 aromatic rings. The van der Waals surface area contributed by atoms with Gasteiger partial charge in [-0.3, -0.25) is 0 Å². The van der Waals surface area contributed by atoms with Crippen molar-refractivity contribution < 1.29 is 23.8 Å². The Hall–Kier alpha value is -3.54. The number of cyclic esters (lactones) is 1. The molecule has 0 aromatic heterocycles. The number of hydrogen-bond donors (Lipinski definition) is 1. The summed E-state index contributed by atoms with van der Waals surface area (Å²) in [5, 5.41) is 8.58. The summed E-state index contributed by atoms with van der Waals surface area (Å²) in [7, 11) is 0. The molecular formula is C19H12FNO4. The van der Waals surface area contributed by atoms with Crippen molar-refractivity contribution in [1.29, 1.82) is 0 Å². The molecule has 1 heterocycles. The number of benzene rings is 2. The van der Waals surface area contributed by atoms with Gasteiger partial charge in [-0.2, -0.15) is 0 Å². The molecule has 6 heteroatoms. The predicted molar refractivity (Wildman–Crippen MR) is 90.1 cm³/mol. The molecule has 0 saturated heterocycles. The highest BCUT2D eigenvalue weighted by Gasteiger charge is 2.24. The average Bonchev–Trinajstić information content (AvgIpc) is 2.97. The third-order valence-electron chi connectivity index (χ3n) is 3.38. The summed E-state index contributed by atoms with van der Waals surface area (Å²) in [5.74, 6) is -2.22. The van der Waals surface area contributed by atoms with Crippen LogP contribution in [0.4, 0.5) is 4.39 Å². The summed E-state index contributed by atoms with van der Waals surface area (Å²) in [6.45, 7) is 0. The maximum atomic E-state index is 14.1. The van der Waals surface area contributed by atoms with Crippen LogP contribution in [-0.4, -0.2) is 22.9 Å². The number of aliphatic imine (C=N–C) groups is 1. The second kappa shape index (κ2) is 6.92. The smallest absolute Gasteiger partial charge is 0.363 e. The first-order chi connectivity index (χ1) is 12.0. The molecule has 1 aliphatic heterocycles. The number of carbonyl (C=O) groups excluding carboxylic acids is 1. The van der Waals surface area contributed by atoms with Gasteiger partial charge in [0.1, 0.15) is 5.82 Å². The van der Waals surface area contributed by atoms with Crippen molar-refractivity contribution in [3.63, 3.8) is 0 Å². The number of rotatable bonds is 4. The van der Waals surface area contributed by atoms with Crippen molar-refractivity contribution >= 4 is 30.0 Å². The molecule has 1 N–H and O–H groups in total. The molecule has 124 valence electrons. The number of hydrogen-bond acceptors (Lipinski definition) is 4. The Morgan fingerprint density at radius 2 is 1.92 bits per heavy atom. The van der Waals surface area contributed by atoms with E-state index in [1.807, 2.05) is 6.07 Å². The second-order valence-electron chi connectivity index (χ2n) is 5.15. The molecule has 0 radical (unpaired) electrons. The van der Waals surface area contributed by atoms with E-state index in [0.717, 1.165) is 6.08 Å². The van der Waals surface area contributed by atoms with Crippen LogP contribution in [0.25, 0.3) is 12.2 Å². The Balaban J connectivity index is 1.89. The molecule has 2 aromatic carbocycles. The molecule has 0 atom stereocenters. The van der Waals surface area contributed by atoms with Gasteiger partial charge in [0.05, 0.1) is 0 Å². The number of carboxylic acid groups (broad SMARTS) is 1. The first kappa shape index (κ1) is 16.3. The second-order valence-corrected chi connectivity index (χ2v) is 5.15. The van der Waals surface area contributed by atoms with Crippen molar-refractivity contribution in [3.05, 3.63) is 82.8 Å². The SMILES string of the molecule is O=C(O)/C=C/c1ccc(/C=C2\N=C(c3ccccc3)OC2=O)c(F)c1. The Morgan fingerprint density at radius 1 is 1.16 bits per heavy atom. The monoisotopic (exact) mass is 337 g/mol. The van der Waals surface area contributed by atoms with E-state index in [1.165, 1.54) is 30.4 Å². The minimum Gasteiger partial charge on any atom is -0.478 e. The zero-order valence-corrected chi connectivity index (χ0v) is 12.8. The van der Waals surface area contributed by atoms with Gasteiger partial charge in [-0.1, -0.05) is 30.3 Å². The Morgan fingerprint density at radius 3 is 2.60 bits per heavy atom. The first-order valence-corrected chi connectivity index (χ1v) is 7.31. The predicted octanol–water partition coefficient (Wildman–Crippen LogP) is 3.27. The van der Waals surface area contributed by atoms with Crippen LogP contribution in [0.15, 0.2) is 65.3 Å². The summed E-state index contributed by atoms with van der Waals surface area (Å²) in [4.78, 5) is 26.5. The molecular weight excluding hydrogens is 325 g/mol.